The Labute approximate surface area is 120 Å². The van der Waals surface area contributed by atoms with E-state index >= 15 is 0 Å². The third kappa shape index (κ3) is 3.97. The van der Waals surface area contributed by atoms with Gasteiger partial charge in [-0.15, -0.1) is 0 Å². The molecule has 2 aliphatic rings. The van der Waals surface area contributed by atoms with E-state index in [4.69, 9.17) is 0 Å². The van der Waals surface area contributed by atoms with Crippen molar-refractivity contribution in [1.82, 2.24) is 15.5 Å². The predicted molar refractivity (Wildman–Crippen MR) is 79.4 cm³/mol. The van der Waals surface area contributed by atoms with Gasteiger partial charge in [0, 0.05) is 31.7 Å². The summed E-state index contributed by atoms with van der Waals surface area (Å²) in [4.78, 5) is 14.2. The summed E-state index contributed by atoms with van der Waals surface area (Å²) in [5.41, 5.74) is 1.37. The third-order valence-electron chi connectivity index (χ3n) is 4.08. The van der Waals surface area contributed by atoms with Crippen LogP contribution in [0.4, 0.5) is 4.79 Å². The molecular weight excluding hydrogens is 250 g/mol. The van der Waals surface area contributed by atoms with Crippen molar-refractivity contribution >= 4 is 6.03 Å². The zero-order valence-electron chi connectivity index (χ0n) is 11.8. The molecule has 108 valence electrons. The molecule has 4 nitrogen and oxygen atoms in total. The Morgan fingerprint density at radius 1 is 1.00 bits per heavy atom. The maximum atomic E-state index is 11.7. The van der Waals surface area contributed by atoms with E-state index in [9.17, 15) is 4.79 Å². The van der Waals surface area contributed by atoms with Crippen molar-refractivity contribution in [2.24, 2.45) is 0 Å². The Hall–Kier alpha value is -1.55. The molecule has 0 aromatic heterocycles. The van der Waals surface area contributed by atoms with Crippen molar-refractivity contribution in [2.45, 2.75) is 44.3 Å². The Morgan fingerprint density at radius 3 is 2.20 bits per heavy atom. The standard InChI is InChI=1S/C16H23N3O/c20-16(17-14-6-7-14)18-15-8-10-19(11-9-15)12-13-4-2-1-3-5-13/h1-5,14-15H,6-12H2,(H2,17,18,20). The van der Waals surface area contributed by atoms with Gasteiger partial charge in [-0.1, -0.05) is 30.3 Å². The first kappa shape index (κ1) is 13.4. The van der Waals surface area contributed by atoms with Crippen LogP contribution in [-0.4, -0.2) is 36.1 Å². The molecule has 1 heterocycles. The topological polar surface area (TPSA) is 44.4 Å². The van der Waals surface area contributed by atoms with Gasteiger partial charge in [-0.2, -0.15) is 0 Å². The number of rotatable bonds is 4. The van der Waals surface area contributed by atoms with Gasteiger partial charge in [0.25, 0.3) is 0 Å². The van der Waals surface area contributed by atoms with E-state index in [1.54, 1.807) is 0 Å². The van der Waals surface area contributed by atoms with Gasteiger partial charge in [-0.3, -0.25) is 4.90 Å². The lowest BCUT2D eigenvalue weighted by atomic mass is 10.0. The largest absolute Gasteiger partial charge is 0.335 e. The third-order valence-corrected chi connectivity index (χ3v) is 4.08. The van der Waals surface area contributed by atoms with Crippen LogP contribution < -0.4 is 10.6 Å². The first-order chi connectivity index (χ1) is 9.79. The van der Waals surface area contributed by atoms with Crippen molar-refractivity contribution in [3.05, 3.63) is 35.9 Å². The average Bonchev–Trinajstić information content (AvgIpc) is 3.26. The van der Waals surface area contributed by atoms with Crippen molar-refractivity contribution in [1.29, 1.82) is 0 Å². The Balaban J connectivity index is 1.39. The number of benzene rings is 1. The van der Waals surface area contributed by atoms with Crippen LogP contribution in [0.15, 0.2) is 30.3 Å². The molecule has 0 bridgehead atoms. The van der Waals surface area contributed by atoms with Gasteiger partial charge >= 0.3 is 6.03 Å². The minimum Gasteiger partial charge on any atom is -0.335 e. The van der Waals surface area contributed by atoms with Crippen LogP contribution in [0.1, 0.15) is 31.2 Å². The highest BCUT2D eigenvalue weighted by Gasteiger charge is 2.25. The number of urea groups is 1. The fraction of sp³-hybridized carbons (Fsp3) is 0.562. The molecule has 4 heteroatoms. The Morgan fingerprint density at radius 2 is 1.60 bits per heavy atom. The summed E-state index contributed by atoms with van der Waals surface area (Å²) in [6.07, 6.45) is 4.38. The SMILES string of the molecule is O=C(NC1CC1)NC1CCN(Cc2ccccc2)CC1. The van der Waals surface area contributed by atoms with Gasteiger partial charge in [0.1, 0.15) is 0 Å². The first-order valence-corrected chi connectivity index (χ1v) is 7.63. The molecule has 1 aromatic carbocycles. The van der Waals surface area contributed by atoms with Crippen molar-refractivity contribution in [3.63, 3.8) is 0 Å². The molecule has 2 fully saturated rings. The van der Waals surface area contributed by atoms with E-state index in [-0.39, 0.29) is 6.03 Å². The molecule has 3 rings (SSSR count). The van der Waals surface area contributed by atoms with Crippen LogP contribution in [0.3, 0.4) is 0 Å². The second-order valence-electron chi connectivity index (χ2n) is 5.93. The van der Waals surface area contributed by atoms with Gasteiger partial charge in [0.05, 0.1) is 0 Å². The minimum absolute atomic E-state index is 0.0222. The van der Waals surface area contributed by atoms with Crippen molar-refractivity contribution in [2.75, 3.05) is 13.1 Å². The van der Waals surface area contributed by atoms with E-state index in [1.165, 1.54) is 5.56 Å². The smallest absolute Gasteiger partial charge is 0.315 e. The summed E-state index contributed by atoms with van der Waals surface area (Å²) in [6, 6.07) is 11.4. The van der Waals surface area contributed by atoms with Gasteiger partial charge < -0.3 is 10.6 Å². The number of likely N-dealkylation sites (tertiary alicyclic amines) is 1. The molecule has 1 saturated heterocycles. The zero-order chi connectivity index (χ0) is 13.8. The number of nitrogens with zero attached hydrogens (tertiary/aromatic N) is 1. The van der Waals surface area contributed by atoms with Crippen LogP contribution in [0.2, 0.25) is 0 Å². The van der Waals surface area contributed by atoms with Crippen LogP contribution in [0.25, 0.3) is 0 Å². The molecule has 2 N–H and O–H groups in total. The maximum absolute atomic E-state index is 11.7. The molecule has 0 atom stereocenters. The second-order valence-corrected chi connectivity index (χ2v) is 5.93. The number of hydrogen-bond acceptors (Lipinski definition) is 2. The highest BCUT2D eigenvalue weighted by Crippen LogP contribution is 2.18. The normalized spacial score (nSPS) is 20.6. The highest BCUT2D eigenvalue weighted by molar-refractivity contribution is 5.74. The molecular formula is C16H23N3O. The fourth-order valence-corrected chi connectivity index (χ4v) is 2.72. The quantitative estimate of drug-likeness (QED) is 0.882. The fourth-order valence-electron chi connectivity index (χ4n) is 2.72. The summed E-state index contributed by atoms with van der Waals surface area (Å²) in [7, 11) is 0. The molecule has 0 spiro atoms. The van der Waals surface area contributed by atoms with E-state index < -0.39 is 0 Å². The number of carbonyl (C=O) groups excluding carboxylic acids is 1. The molecule has 20 heavy (non-hydrogen) atoms. The van der Waals surface area contributed by atoms with Crippen LogP contribution >= 0.6 is 0 Å². The Bertz CT molecular complexity index is 436. The number of nitrogens with one attached hydrogen (secondary N) is 2. The zero-order valence-corrected chi connectivity index (χ0v) is 11.8. The van der Waals surface area contributed by atoms with Crippen molar-refractivity contribution < 1.29 is 4.79 Å². The number of hydrogen-bond donors (Lipinski definition) is 2. The Kier molecular flexibility index (Phi) is 4.21. The molecule has 1 saturated carbocycles. The van der Waals surface area contributed by atoms with Gasteiger partial charge in [-0.25, -0.2) is 4.79 Å². The minimum atomic E-state index is 0.0222. The number of piperidine rings is 1. The number of amides is 2. The molecule has 1 aliphatic heterocycles. The lowest BCUT2D eigenvalue weighted by molar-refractivity contribution is 0.186. The van der Waals surface area contributed by atoms with E-state index in [0.29, 0.717) is 12.1 Å². The average molecular weight is 273 g/mol. The summed E-state index contributed by atoms with van der Waals surface area (Å²) >= 11 is 0. The summed E-state index contributed by atoms with van der Waals surface area (Å²) < 4.78 is 0. The predicted octanol–water partition coefficient (Wildman–Crippen LogP) is 2.11. The number of carbonyl (C=O) groups is 1. The molecule has 2 amide bonds. The second kappa shape index (κ2) is 6.27. The lowest BCUT2D eigenvalue weighted by Crippen LogP contribution is -2.48. The first-order valence-electron chi connectivity index (χ1n) is 7.63. The molecule has 0 unspecified atom stereocenters. The summed E-state index contributed by atoms with van der Waals surface area (Å²) in [5, 5.41) is 6.09. The van der Waals surface area contributed by atoms with Crippen LogP contribution in [0, 0.1) is 0 Å². The van der Waals surface area contributed by atoms with E-state index in [1.807, 2.05) is 0 Å². The summed E-state index contributed by atoms with van der Waals surface area (Å²) in [5.74, 6) is 0. The highest BCUT2D eigenvalue weighted by atomic mass is 16.2. The van der Waals surface area contributed by atoms with Gasteiger partial charge in [0.2, 0.25) is 0 Å². The molecule has 1 aliphatic carbocycles. The maximum Gasteiger partial charge on any atom is 0.315 e. The monoisotopic (exact) mass is 273 g/mol. The summed E-state index contributed by atoms with van der Waals surface area (Å²) in [6.45, 7) is 3.13. The van der Waals surface area contributed by atoms with Crippen molar-refractivity contribution in [3.8, 4) is 0 Å². The molecule has 0 radical (unpaired) electrons. The lowest BCUT2D eigenvalue weighted by Gasteiger charge is -2.32. The van der Waals surface area contributed by atoms with E-state index in [0.717, 1.165) is 45.3 Å². The molecule has 1 aromatic rings. The van der Waals surface area contributed by atoms with Crippen LogP contribution in [-0.2, 0) is 6.54 Å². The van der Waals surface area contributed by atoms with Gasteiger partial charge in [-0.05, 0) is 31.2 Å². The van der Waals surface area contributed by atoms with Crippen LogP contribution in [0.5, 0.6) is 0 Å². The van der Waals surface area contributed by atoms with Gasteiger partial charge in [0.15, 0.2) is 0 Å². The van der Waals surface area contributed by atoms with E-state index in [2.05, 4.69) is 45.9 Å².